The molecule has 2 aromatic carbocycles. The second-order valence-corrected chi connectivity index (χ2v) is 6.77. The third-order valence-corrected chi connectivity index (χ3v) is 5.43. The predicted molar refractivity (Wildman–Crippen MR) is 97.5 cm³/mol. The Kier molecular flexibility index (Phi) is 3.88. The molecule has 0 saturated heterocycles. The Balaban J connectivity index is 1.87. The molecule has 0 fully saturated rings. The monoisotopic (exact) mass is 356 g/mol. The number of nitrogens with one attached hydrogen (secondary N) is 1. The molecule has 1 heterocycles. The Morgan fingerprint density at radius 2 is 2.08 bits per heavy atom. The highest BCUT2D eigenvalue weighted by molar-refractivity contribution is 6.31. The topological polar surface area (TPSA) is 64.4 Å². The van der Waals surface area contributed by atoms with Gasteiger partial charge in [0.05, 0.1) is 29.8 Å². The number of halogens is 1. The fourth-order valence-corrected chi connectivity index (χ4v) is 4.21. The van der Waals surface area contributed by atoms with Crippen LogP contribution in [0.1, 0.15) is 29.5 Å². The first kappa shape index (κ1) is 16.0. The first-order valence-electron chi connectivity index (χ1n) is 8.14. The van der Waals surface area contributed by atoms with Gasteiger partial charge in [0, 0.05) is 17.0 Å². The zero-order chi connectivity index (χ0) is 17.6. The zero-order valence-electron chi connectivity index (χ0n) is 13.6. The molecule has 6 heteroatoms. The summed E-state index contributed by atoms with van der Waals surface area (Å²) < 4.78 is 5.44. The van der Waals surface area contributed by atoms with E-state index in [0.717, 1.165) is 28.3 Å². The van der Waals surface area contributed by atoms with E-state index in [1.165, 1.54) is 13.2 Å². The van der Waals surface area contributed by atoms with Crippen LogP contribution in [0.15, 0.2) is 48.6 Å². The van der Waals surface area contributed by atoms with Gasteiger partial charge in [-0.15, -0.1) is 0 Å². The Labute approximate surface area is 150 Å². The van der Waals surface area contributed by atoms with E-state index in [1.54, 1.807) is 6.07 Å². The highest BCUT2D eigenvalue weighted by atomic mass is 35.5. The average Bonchev–Trinajstić information content (AvgIpc) is 3.10. The van der Waals surface area contributed by atoms with Crippen LogP contribution in [0.25, 0.3) is 0 Å². The van der Waals surface area contributed by atoms with Gasteiger partial charge in [-0.2, -0.15) is 0 Å². The molecular weight excluding hydrogens is 340 g/mol. The molecule has 0 spiro atoms. The van der Waals surface area contributed by atoms with Crippen molar-refractivity contribution < 1.29 is 9.66 Å². The molecule has 1 N–H and O–H groups in total. The predicted octanol–water partition coefficient (Wildman–Crippen LogP) is 5.08. The van der Waals surface area contributed by atoms with E-state index in [4.69, 9.17) is 16.3 Å². The van der Waals surface area contributed by atoms with Crippen LogP contribution in [0.4, 0.5) is 11.4 Å². The molecule has 1 aliphatic carbocycles. The molecule has 0 radical (unpaired) electrons. The summed E-state index contributed by atoms with van der Waals surface area (Å²) >= 11 is 6.43. The lowest BCUT2D eigenvalue weighted by Crippen LogP contribution is -2.29. The van der Waals surface area contributed by atoms with Gasteiger partial charge in [-0.25, -0.2) is 0 Å². The summed E-state index contributed by atoms with van der Waals surface area (Å²) in [6.07, 6.45) is 5.18. The van der Waals surface area contributed by atoms with E-state index in [2.05, 4.69) is 17.5 Å². The fraction of sp³-hybridized carbons (Fsp3) is 0.263. The third kappa shape index (κ3) is 2.55. The normalized spacial score (nSPS) is 23.5. The maximum absolute atomic E-state index is 11.3. The molecule has 3 atom stereocenters. The van der Waals surface area contributed by atoms with Crippen LogP contribution >= 0.6 is 11.6 Å². The molecular formula is C19H17ClN2O3. The van der Waals surface area contributed by atoms with Crippen molar-refractivity contribution in [3.63, 3.8) is 0 Å². The van der Waals surface area contributed by atoms with Crippen molar-refractivity contribution in [1.29, 1.82) is 0 Å². The maximum Gasteiger partial charge on any atom is 0.273 e. The Bertz CT molecular complexity index is 881. The average molecular weight is 357 g/mol. The van der Waals surface area contributed by atoms with E-state index in [9.17, 15) is 10.1 Å². The molecule has 128 valence electrons. The lowest BCUT2D eigenvalue weighted by molar-refractivity contribution is -0.385. The van der Waals surface area contributed by atoms with Gasteiger partial charge in [0.25, 0.3) is 5.69 Å². The summed E-state index contributed by atoms with van der Waals surface area (Å²) in [5.74, 6) is 0.852. The minimum absolute atomic E-state index is 0.0246. The number of benzene rings is 2. The van der Waals surface area contributed by atoms with Crippen LogP contribution in [-0.2, 0) is 0 Å². The largest absolute Gasteiger partial charge is 0.494 e. The Morgan fingerprint density at radius 1 is 1.28 bits per heavy atom. The number of allylic oxidation sites excluding steroid dienone is 2. The number of nitrogens with zero attached hydrogens (tertiary/aromatic N) is 1. The van der Waals surface area contributed by atoms with Gasteiger partial charge in [-0.1, -0.05) is 42.0 Å². The second kappa shape index (κ2) is 6.08. The van der Waals surface area contributed by atoms with Gasteiger partial charge in [0.1, 0.15) is 5.75 Å². The van der Waals surface area contributed by atoms with E-state index in [0.29, 0.717) is 5.75 Å². The van der Waals surface area contributed by atoms with Gasteiger partial charge in [0.2, 0.25) is 0 Å². The fourth-order valence-electron chi connectivity index (χ4n) is 3.95. The van der Waals surface area contributed by atoms with Crippen molar-refractivity contribution >= 4 is 23.0 Å². The van der Waals surface area contributed by atoms with Gasteiger partial charge >= 0.3 is 0 Å². The van der Waals surface area contributed by atoms with E-state index in [1.807, 2.05) is 24.3 Å². The minimum Gasteiger partial charge on any atom is -0.494 e. The van der Waals surface area contributed by atoms with Crippen molar-refractivity contribution in [3.05, 3.63) is 74.8 Å². The van der Waals surface area contributed by atoms with Crippen LogP contribution in [0.5, 0.6) is 5.75 Å². The number of rotatable bonds is 3. The molecule has 0 aromatic heterocycles. The molecule has 0 saturated carbocycles. The maximum atomic E-state index is 11.3. The lowest BCUT2D eigenvalue weighted by Gasteiger charge is -2.38. The minimum atomic E-state index is -0.378. The zero-order valence-corrected chi connectivity index (χ0v) is 14.4. The summed E-state index contributed by atoms with van der Waals surface area (Å²) in [7, 11) is 1.53. The van der Waals surface area contributed by atoms with Crippen molar-refractivity contribution in [2.75, 3.05) is 12.4 Å². The van der Waals surface area contributed by atoms with Gasteiger partial charge in [0.15, 0.2) is 0 Å². The number of ether oxygens (including phenoxy) is 1. The number of non-ortho nitro benzene ring substituents is 1. The number of methoxy groups -OCH3 is 1. The summed E-state index contributed by atoms with van der Waals surface area (Å²) in [5, 5.41) is 15.5. The van der Waals surface area contributed by atoms with Crippen LogP contribution < -0.4 is 10.1 Å². The summed E-state index contributed by atoms with van der Waals surface area (Å²) in [6.45, 7) is 0. The van der Waals surface area contributed by atoms with Crippen molar-refractivity contribution in [3.8, 4) is 5.75 Å². The van der Waals surface area contributed by atoms with Crippen LogP contribution in [0.3, 0.4) is 0 Å². The molecule has 25 heavy (non-hydrogen) atoms. The van der Waals surface area contributed by atoms with Crippen molar-refractivity contribution in [2.45, 2.75) is 18.4 Å². The number of nitro groups is 1. The number of hydrogen-bond acceptors (Lipinski definition) is 4. The molecule has 4 rings (SSSR count). The van der Waals surface area contributed by atoms with E-state index in [-0.39, 0.29) is 28.5 Å². The molecule has 0 unspecified atom stereocenters. The Morgan fingerprint density at radius 3 is 2.80 bits per heavy atom. The highest BCUT2D eigenvalue weighted by Gasteiger charge is 2.40. The van der Waals surface area contributed by atoms with Crippen molar-refractivity contribution in [1.82, 2.24) is 0 Å². The summed E-state index contributed by atoms with van der Waals surface area (Å²) in [6, 6.07) is 10.9. The Hall–Kier alpha value is -2.53. The quantitative estimate of drug-likeness (QED) is 0.473. The number of hydrogen-bond donors (Lipinski definition) is 1. The number of anilines is 1. The molecule has 0 amide bonds. The highest BCUT2D eigenvalue weighted by Crippen LogP contribution is 2.53. The van der Waals surface area contributed by atoms with Gasteiger partial charge in [-0.3, -0.25) is 10.1 Å². The van der Waals surface area contributed by atoms with Crippen molar-refractivity contribution in [2.24, 2.45) is 5.92 Å². The van der Waals surface area contributed by atoms with Gasteiger partial charge < -0.3 is 10.1 Å². The number of fused-ring (bicyclic) bond motifs is 3. The standard InChI is InChI=1S/C19H17ClN2O3/c1-25-17-10-11(22(23)24)9-15-12-6-4-7-13(12)18(21-19(15)17)14-5-2-3-8-16(14)20/h2-6,8-10,12-13,18,21H,7H2,1H3/t12-,13-,18+/m1/s1. The molecule has 2 aromatic rings. The van der Waals surface area contributed by atoms with Crippen LogP contribution in [0, 0.1) is 16.0 Å². The number of nitro benzene ring substituents is 1. The summed E-state index contributed by atoms with van der Waals surface area (Å²) in [5.41, 5.74) is 2.81. The molecule has 2 aliphatic rings. The third-order valence-electron chi connectivity index (χ3n) is 5.09. The first-order chi connectivity index (χ1) is 12.1. The SMILES string of the molecule is COc1cc([N+](=O)[O-])cc2c1N[C@H](c1ccccc1Cl)[C@@H]1CC=C[C@@H]21. The lowest BCUT2D eigenvalue weighted by atomic mass is 9.76. The molecule has 0 bridgehead atoms. The van der Waals surface area contributed by atoms with Crippen LogP contribution in [-0.4, -0.2) is 12.0 Å². The van der Waals surface area contributed by atoms with Gasteiger partial charge in [-0.05, 0) is 29.5 Å². The molecule has 1 aliphatic heterocycles. The van der Waals surface area contributed by atoms with Crippen LogP contribution in [0.2, 0.25) is 5.02 Å². The first-order valence-corrected chi connectivity index (χ1v) is 8.52. The summed E-state index contributed by atoms with van der Waals surface area (Å²) in [4.78, 5) is 10.9. The van der Waals surface area contributed by atoms with E-state index < -0.39 is 0 Å². The smallest absolute Gasteiger partial charge is 0.273 e. The van der Waals surface area contributed by atoms with E-state index >= 15 is 0 Å². The second-order valence-electron chi connectivity index (χ2n) is 6.37. The molecule has 5 nitrogen and oxygen atoms in total.